The standard InChI is InChI=1S/C22H19F3N4OS/c23-22(24,25)17-11-5-1-7-14(17)13-31-21-27-26-20-28(15-8-2-3-9-15)19(30)16-10-4-6-12-18(16)29(20)21/h1,4-7,10-12,15H,2-3,8-9,13H2. The van der Waals surface area contributed by atoms with Gasteiger partial charge in [0.1, 0.15) is 0 Å². The van der Waals surface area contributed by atoms with Crippen molar-refractivity contribution in [2.45, 2.75) is 48.8 Å². The highest BCUT2D eigenvalue weighted by molar-refractivity contribution is 7.98. The molecule has 0 N–H and O–H groups in total. The third-order valence-corrected chi connectivity index (χ3v) is 6.77. The van der Waals surface area contributed by atoms with E-state index in [9.17, 15) is 18.0 Å². The van der Waals surface area contributed by atoms with Crippen molar-refractivity contribution >= 4 is 28.4 Å². The number of alkyl halides is 3. The molecule has 160 valence electrons. The summed E-state index contributed by atoms with van der Waals surface area (Å²) in [6.07, 6.45) is -0.496. The van der Waals surface area contributed by atoms with Gasteiger partial charge >= 0.3 is 6.18 Å². The summed E-state index contributed by atoms with van der Waals surface area (Å²) in [4.78, 5) is 13.2. The van der Waals surface area contributed by atoms with E-state index >= 15 is 0 Å². The van der Waals surface area contributed by atoms with Crippen LogP contribution in [0.2, 0.25) is 0 Å². The van der Waals surface area contributed by atoms with Crippen molar-refractivity contribution in [1.29, 1.82) is 0 Å². The normalized spacial score (nSPS) is 15.3. The zero-order chi connectivity index (χ0) is 21.6. The van der Waals surface area contributed by atoms with E-state index in [4.69, 9.17) is 0 Å². The minimum atomic E-state index is -4.42. The lowest BCUT2D eigenvalue weighted by atomic mass is 10.1. The van der Waals surface area contributed by atoms with Gasteiger partial charge in [0, 0.05) is 11.8 Å². The van der Waals surface area contributed by atoms with E-state index in [0.717, 1.165) is 31.7 Å². The van der Waals surface area contributed by atoms with Gasteiger partial charge in [0.15, 0.2) is 5.16 Å². The predicted molar refractivity (Wildman–Crippen MR) is 113 cm³/mol. The molecule has 2 aromatic carbocycles. The lowest BCUT2D eigenvalue weighted by Gasteiger charge is -2.16. The molecule has 0 spiro atoms. The third kappa shape index (κ3) is 3.50. The van der Waals surface area contributed by atoms with Crippen LogP contribution in [0.1, 0.15) is 42.9 Å². The summed E-state index contributed by atoms with van der Waals surface area (Å²) in [7, 11) is 0. The molecule has 5 nitrogen and oxygen atoms in total. The van der Waals surface area contributed by atoms with Gasteiger partial charge in [-0.2, -0.15) is 13.2 Å². The molecule has 5 rings (SSSR count). The number of para-hydroxylation sites is 1. The Labute approximate surface area is 179 Å². The average molecular weight is 444 g/mol. The maximum absolute atomic E-state index is 13.4. The number of benzene rings is 2. The number of hydrogen-bond donors (Lipinski definition) is 0. The minimum Gasteiger partial charge on any atom is -0.273 e. The number of nitrogens with zero attached hydrogens (tertiary/aromatic N) is 4. The van der Waals surface area contributed by atoms with E-state index in [1.54, 1.807) is 21.1 Å². The highest BCUT2D eigenvalue weighted by atomic mass is 32.2. The summed E-state index contributed by atoms with van der Waals surface area (Å²) in [5, 5.41) is 9.57. The van der Waals surface area contributed by atoms with Crippen LogP contribution in [0.5, 0.6) is 0 Å². The highest BCUT2D eigenvalue weighted by Crippen LogP contribution is 2.35. The SMILES string of the molecule is O=c1c2ccccc2n2c(SCc3ccccc3C(F)(F)F)nnc2n1C1CCCC1. The van der Waals surface area contributed by atoms with Gasteiger partial charge in [0.2, 0.25) is 5.78 Å². The number of fused-ring (bicyclic) bond motifs is 3. The van der Waals surface area contributed by atoms with Crippen LogP contribution in [0.15, 0.2) is 58.5 Å². The number of halogens is 3. The maximum Gasteiger partial charge on any atom is 0.416 e. The van der Waals surface area contributed by atoms with E-state index in [2.05, 4.69) is 10.2 Å². The molecule has 1 aliphatic rings. The molecule has 9 heteroatoms. The molecular weight excluding hydrogens is 425 g/mol. The van der Waals surface area contributed by atoms with Crippen LogP contribution in [0.4, 0.5) is 13.2 Å². The smallest absolute Gasteiger partial charge is 0.273 e. The van der Waals surface area contributed by atoms with Crippen molar-refractivity contribution < 1.29 is 13.2 Å². The van der Waals surface area contributed by atoms with Crippen molar-refractivity contribution in [2.75, 3.05) is 0 Å². The summed E-state index contributed by atoms with van der Waals surface area (Å²) in [6.45, 7) is 0. The monoisotopic (exact) mass is 444 g/mol. The fourth-order valence-electron chi connectivity index (χ4n) is 4.35. The number of thioether (sulfide) groups is 1. The van der Waals surface area contributed by atoms with Gasteiger partial charge in [0.25, 0.3) is 5.56 Å². The van der Waals surface area contributed by atoms with Crippen molar-refractivity contribution in [3.05, 3.63) is 70.0 Å². The van der Waals surface area contributed by atoms with Gasteiger partial charge in [0.05, 0.1) is 16.5 Å². The summed E-state index contributed by atoms with van der Waals surface area (Å²) in [5.41, 5.74) is 0.101. The fraction of sp³-hybridized carbons (Fsp3) is 0.318. The Balaban J connectivity index is 1.63. The maximum atomic E-state index is 13.4. The summed E-state index contributed by atoms with van der Waals surface area (Å²) in [5.74, 6) is 0.537. The van der Waals surface area contributed by atoms with Crippen LogP contribution in [-0.4, -0.2) is 19.2 Å². The van der Waals surface area contributed by atoms with E-state index in [1.165, 1.54) is 23.9 Å². The Morgan fingerprint density at radius 2 is 1.71 bits per heavy atom. The van der Waals surface area contributed by atoms with Gasteiger partial charge in [-0.1, -0.05) is 54.9 Å². The Morgan fingerprint density at radius 1 is 1.00 bits per heavy atom. The fourth-order valence-corrected chi connectivity index (χ4v) is 5.29. The second-order valence-corrected chi connectivity index (χ2v) is 8.63. The number of rotatable bonds is 4. The van der Waals surface area contributed by atoms with Gasteiger partial charge < -0.3 is 0 Å². The molecular formula is C22H19F3N4OS. The molecule has 0 bridgehead atoms. The molecule has 0 amide bonds. The van der Waals surface area contributed by atoms with Crippen LogP contribution in [-0.2, 0) is 11.9 Å². The molecule has 31 heavy (non-hydrogen) atoms. The minimum absolute atomic E-state index is 0.0626. The van der Waals surface area contributed by atoms with Crippen molar-refractivity contribution in [2.24, 2.45) is 0 Å². The lowest BCUT2D eigenvalue weighted by molar-refractivity contribution is -0.138. The third-order valence-electron chi connectivity index (χ3n) is 5.80. The van der Waals surface area contributed by atoms with Crippen molar-refractivity contribution in [3.63, 3.8) is 0 Å². The highest BCUT2D eigenvalue weighted by Gasteiger charge is 2.33. The van der Waals surface area contributed by atoms with Gasteiger partial charge in [-0.05, 0) is 36.6 Å². The lowest BCUT2D eigenvalue weighted by Crippen LogP contribution is -2.26. The van der Waals surface area contributed by atoms with E-state index in [-0.39, 0.29) is 22.9 Å². The molecule has 1 aliphatic carbocycles. The van der Waals surface area contributed by atoms with Crippen LogP contribution in [0.3, 0.4) is 0 Å². The van der Waals surface area contributed by atoms with Crippen molar-refractivity contribution in [3.8, 4) is 0 Å². The van der Waals surface area contributed by atoms with Gasteiger partial charge in [-0.3, -0.25) is 13.8 Å². The molecule has 2 aromatic heterocycles. The second-order valence-electron chi connectivity index (χ2n) is 7.69. The second kappa shape index (κ2) is 7.71. The van der Waals surface area contributed by atoms with Gasteiger partial charge in [-0.15, -0.1) is 10.2 Å². The first-order valence-corrected chi connectivity index (χ1v) is 11.1. The van der Waals surface area contributed by atoms with E-state index < -0.39 is 11.7 Å². The predicted octanol–water partition coefficient (Wildman–Crippen LogP) is 5.47. The summed E-state index contributed by atoms with van der Waals surface area (Å²) >= 11 is 1.19. The molecule has 0 unspecified atom stereocenters. The Morgan fingerprint density at radius 3 is 2.48 bits per heavy atom. The van der Waals surface area contributed by atoms with E-state index in [0.29, 0.717) is 21.8 Å². The molecule has 0 atom stereocenters. The summed E-state index contributed by atoms with van der Waals surface area (Å²) < 4.78 is 43.6. The van der Waals surface area contributed by atoms with Crippen molar-refractivity contribution in [1.82, 2.24) is 19.2 Å². The number of hydrogen-bond acceptors (Lipinski definition) is 4. The quantitative estimate of drug-likeness (QED) is 0.392. The number of aromatic nitrogens is 4. The first-order chi connectivity index (χ1) is 14.9. The Hall–Kier alpha value is -2.81. The van der Waals surface area contributed by atoms with Crippen LogP contribution in [0.25, 0.3) is 16.7 Å². The largest absolute Gasteiger partial charge is 0.416 e. The molecule has 1 fully saturated rings. The first kappa shape index (κ1) is 20.1. The molecule has 0 aliphatic heterocycles. The summed E-state index contributed by atoms with van der Waals surface area (Å²) in [6, 6.07) is 12.8. The van der Waals surface area contributed by atoms with Crippen LogP contribution < -0.4 is 5.56 Å². The van der Waals surface area contributed by atoms with Crippen LogP contribution >= 0.6 is 11.8 Å². The topological polar surface area (TPSA) is 52.2 Å². The zero-order valence-corrected chi connectivity index (χ0v) is 17.3. The Kier molecular flexibility index (Phi) is 5.00. The molecule has 0 radical (unpaired) electrons. The van der Waals surface area contributed by atoms with Gasteiger partial charge in [-0.25, -0.2) is 0 Å². The first-order valence-electron chi connectivity index (χ1n) is 10.1. The molecule has 4 aromatic rings. The molecule has 1 saturated carbocycles. The van der Waals surface area contributed by atoms with E-state index in [1.807, 2.05) is 18.2 Å². The Bertz CT molecular complexity index is 1320. The average Bonchev–Trinajstić information content (AvgIpc) is 3.43. The molecule has 0 saturated heterocycles. The van der Waals surface area contributed by atoms with Crippen LogP contribution in [0, 0.1) is 0 Å². The zero-order valence-electron chi connectivity index (χ0n) is 16.5. The molecule has 2 heterocycles.